The van der Waals surface area contributed by atoms with Gasteiger partial charge in [0.15, 0.2) is 11.5 Å². The van der Waals surface area contributed by atoms with Gasteiger partial charge in [-0.15, -0.1) is 0 Å². The summed E-state index contributed by atoms with van der Waals surface area (Å²) in [5.41, 5.74) is 4.96. The fourth-order valence-corrected chi connectivity index (χ4v) is 3.85. The molecule has 1 aliphatic rings. The van der Waals surface area contributed by atoms with Gasteiger partial charge in [-0.3, -0.25) is 4.79 Å². The lowest BCUT2D eigenvalue weighted by Gasteiger charge is -2.12. The monoisotopic (exact) mass is 445 g/mol. The highest BCUT2D eigenvalue weighted by molar-refractivity contribution is 6.02. The first-order valence-electron chi connectivity index (χ1n) is 10.5. The molecular formula is C27H24FNO4. The lowest BCUT2D eigenvalue weighted by atomic mass is 9.99. The predicted octanol–water partition coefficient (Wildman–Crippen LogP) is 4.85. The highest BCUT2D eigenvalue weighted by Gasteiger charge is 2.21. The molecule has 0 aliphatic heterocycles. The molecule has 0 unspecified atom stereocenters. The quantitative estimate of drug-likeness (QED) is 0.546. The van der Waals surface area contributed by atoms with Crippen LogP contribution in [-0.2, 0) is 11.2 Å². The summed E-state index contributed by atoms with van der Waals surface area (Å²) in [6.07, 6.45) is 4.06. The summed E-state index contributed by atoms with van der Waals surface area (Å²) in [5, 5.41) is 13.2. The summed E-state index contributed by atoms with van der Waals surface area (Å²) < 4.78 is 24.4. The number of nitrogens with one attached hydrogen (secondary N) is 1. The summed E-state index contributed by atoms with van der Waals surface area (Å²) in [5.74, 6) is 0.0451. The number of benzene rings is 3. The molecule has 168 valence electrons. The molecule has 6 heteroatoms. The number of halogens is 1. The summed E-state index contributed by atoms with van der Waals surface area (Å²) in [4.78, 5) is 12.5. The zero-order chi connectivity index (χ0) is 23.4. The van der Waals surface area contributed by atoms with Gasteiger partial charge in [0, 0.05) is 6.54 Å². The van der Waals surface area contributed by atoms with Gasteiger partial charge in [-0.1, -0.05) is 36.4 Å². The molecule has 0 radical (unpaired) electrons. The molecule has 0 bridgehead atoms. The molecule has 0 aromatic heterocycles. The van der Waals surface area contributed by atoms with E-state index in [0.717, 1.165) is 33.4 Å². The van der Waals surface area contributed by atoms with Crippen LogP contribution in [0.15, 0.2) is 66.2 Å². The maximum Gasteiger partial charge on any atom is 0.224 e. The molecule has 0 saturated heterocycles. The largest absolute Gasteiger partial charge is 0.502 e. The van der Waals surface area contributed by atoms with Gasteiger partial charge in [0.25, 0.3) is 0 Å². The van der Waals surface area contributed by atoms with E-state index in [2.05, 4.69) is 5.32 Å². The van der Waals surface area contributed by atoms with Crippen molar-refractivity contribution in [1.29, 1.82) is 0 Å². The zero-order valence-corrected chi connectivity index (χ0v) is 18.4. The fraction of sp³-hybridized carbons (Fsp3) is 0.148. The number of phenolic OH excluding ortho intramolecular Hbond substituents is 1. The molecule has 2 N–H and O–H groups in total. The molecule has 0 fully saturated rings. The van der Waals surface area contributed by atoms with Crippen molar-refractivity contribution in [2.24, 2.45) is 0 Å². The topological polar surface area (TPSA) is 67.8 Å². The molecule has 1 aliphatic carbocycles. The Balaban J connectivity index is 1.63. The van der Waals surface area contributed by atoms with E-state index in [4.69, 9.17) is 9.47 Å². The van der Waals surface area contributed by atoms with Gasteiger partial charge in [-0.25, -0.2) is 4.39 Å². The maximum absolute atomic E-state index is 13.9. The molecule has 3 aromatic carbocycles. The SMILES string of the molecule is COc1cc(C=C2C(CNC(=O)Cc3ccccc3)=Cc3cc(F)ccc32)cc(OC)c1O. The number of phenols is 1. The lowest BCUT2D eigenvalue weighted by Crippen LogP contribution is -2.27. The van der Waals surface area contributed by atoms with Crippen LogP contribution in [-0.4, -0.2) is 31.8 Å². The third kappa shape index (κ3) is 4.90. The average molecular weight is 445 g/mol. The number of methoxy groups -OCH3 is 2. The van der Waals surface area contributed by atoms with Crippen LogP contribution in [0.2, 0.25) is 0 Å². The smallest absolute Gasteiger partial charge is 0.224 e. The number of ether oxygens (including phenoxy) is 2. The Labute approximate surface area is 191 Å². The number of hydrogen-bond donors (Lipinski definition) is 2. The summed E-state index contributed by atoms with van der Waals surface area (Å²) in [6.45, 7) is 0.292. The molecule has 0 spiro atoms. The van der Waals surface area contributed by atoms with Crippen LogP contribution in [0.5, 0.6) is 17.2 Å². The number of aromatic hydroxyl groups is 1. The zero-order valence-electron chi connectivity index (χ0n) is 18.4. The minimum absolute atomic E-state index is 0.0833. The normalized spacial score (nSPS) is 13.4. The van der Waals surface area contributed by atoms with Crippen molar-refractivity contribution in [2.45, 2.75) is 6.42 Å². The maximum atomic E-state index is 13.9. The van der Waals surface area contributed by atoms with Gasteiger partial charge in [0.05, 0.1) is 20.6 Å². The van der Waals surface area contributed by atoms with Gasteiger partial charge in [0.1, 0.15) is 5.82 Å². The molecule has 0 saturated carbocycles. The highest BCUT2D eigenvalue weighted by Crippen LogP contribution is 2.41. The number of fused-ring (bicyclic) bond motifs is 1. The molecule has 3 aromatic rings. The Morgan fingerprint density at radius 2 is 1.73 bits per heavy atom. The fourth-order valence-electron chi connectivity index (χ4n) is 3.85. The average Bonchev–Trinajstić information content (AvgIpc) is 3.15. The first kappa shape index (κ1) is 22.1. The molecule has 0 atom stereocenters. The standard InChI is InChI=1S/C27H24FNO4/c1-32-24-11-18(12-25(33-2)27(24)31)10-23-20(14-19-15-21(28)8-9-22(19)23)16-29-26(30)13-17-6-4-3-5-7-17/h3-12,14-15,31H,13,16H2,1-2H3,(H,29,30). The predicted molar refractivity (Wildman–Crippen MR) is 127 cm³/mol. The van der Waals surface area contributed by atoms with E-state index in [-0.39, 0.29) is 35.4 Å². The first-order chi connectivity index (χ1) is 16.0. The van der Waals surface area contributed by atoms with Gasteiger partial charge in [-0.05, 0) is 69.8 Å². The van der Waals surface area contributed by atoms with E-state index < -0.39 is 0 Å². The van der Waals surface area contributed by atoms with Crippen LogP contribution in [0.4, 0.5) is 4.39 Å². The van der Waals surface area contributed by atoms with Gasteiger partial charge >= 0.3 is 0 Å². The number of carbonyl (C=O) groups is 1. The van der Waals surface area contributed by atoms with E-state index in [1.165, 1.54) is 26.4 Å². The van der Waals surface area contributed by atoms with Crippen molar-refractivity contribution in [2.75, 3.05) is 20.8 Å². The van der Waals surface area contributed by atoms with Crippen LogP contribution < -0.4 is 14.8 Å². The molecule has 0 heterocycles. The van der Waals surface area contributed by atoms with Crippen molar-refractivity contribution in [3.05, 3.63) is 94.3 Å². The van der Waals surface area contributed by atoms with Crippen molar-refractivity contribution in [3.63, 3.8) is 0 Å². The van der Waals surface area contributed by atoms with Crippen molar-refractivity contribution < 1.29 is 23.8 Å². The van der Waals surface area contributed by atoms with E-state index in [1.807, 2.05) is 42.5 Å². The minimum atomic E-state index is -0.327. The molecule has 5 nitrogen and oxygen atoms in total. The number of hydrogen-bond acceptors (Lipinski definition) is 4. The van der Waals surface area contributed by atoms with Crippen LogP contribution >= 0.6 is 0 Å². The Hall–Kier alpha value is -4.06. The number of amides is 1. The lowest BCUT2D eigenvalue weighted by molar-refractivity contribution is -0.120. The summed E-state index contributed by atoms with van der Waals surface area (Å²) >= 11 is 0. The van der Waals surface area contributed by atoms with Gasteiger partial charge in [0.2, 0.25) is 11.7 Å². The molecule has 1 amide bonds. The molecular weight excluding hydrogens is 421 g/mol. The molecule has 33 heavy (non-hydrogen) atoms. The van der Waals surface area contributed by atoms with Crippen LogP contribution in [0, 0.1) is 5.82 Å². The molecule has 4 rings (SSSR count). The summed E-state index contributed by atoms with van der Waals surface area (Å²) in [6, 6.07) is 17.5. The highest BCUT2D eigenvalue weighted by atomic mass is 19.1. The van der Waals surface area contributed by atoms with Crippen LogP contribution in [0.3, 0.4) is 0 Å². The Kier molecular flexibility index (Phi) is 6.45. The Bertz CT molecular complexity index is 1220. The van der Waals surface area contributed by atoms with E-state index in [9.17, 15) is 14.3 Å². The van der Waals surface area contributed by atoms with Crippen LogP contribution in [0.1, 0.15) is 22.3 Å². The van der Waals surface area contributed by atoms with Crippen molar-refractivity contribution in [3.8, 4) is 17.2 Å². The third-order valence-electron chi connectivity index (χ3n) is 5.48. The third-order valence-corrected chi connectivity index (χ3v) is 5.48. The second-order valence-electron chi connectivity index (χ2n) is 7.67. The summed E-state index contributed by atoms with van der Waals surface area (Å²) in [7, 11) is 2.93. The Morgan fingerprint density at radius 3 is 2.39 bits per heavy atom. The van der Waals surface area contributed by atoms with Crippen molar-refractivity contribution in [1.82, 2.24) is 5.32 Å². The number of carbonyl (C=O) groups excluding carboxylic acids is 1. The van der Waals surface area contributed by atoms with E-state index >= 15 is 0 Å². The van der Waals surface area contributed by atoms with Gasteiger partial charge < -0.3 is 19.9 Å². The minimum Gasteiger partial charge on any atom is -0.502 e. The van der Waals surface area contributed by atoms with Gasteiger partial charge in [-0.2, -0.15) is 0 Å². The Morgan fingerprint density at radius 1 is 1.03 bits per heavy atom. The van der Waals surface area contributed by atoms with Crippen molar-refractivity contribution >= 4 is 23.6 Å². The second kappa shape index (κ2) is 9.61. The van der Waals surface area contributed by atoms with Crippen LogP contribution in [0.25, 0.3) is 17.7 Å². The van der Waals surface area contributed by atoms with E-state index in [1.54, 1.807) is 18.2 Å². The number of rotatable bonds is 7. The van der Waals surface area contributed by atoms with E-state index in [0.29, 0.717) is 6.54 Å². The second-order valence-corrected chi connectivity index (χ2v) is 7.67. The first-order valence-corrected chi connectivity index (χ1v) is 10.5.